The SMILES string of the molecule is CCNCC(C)N(C)C1CCCCCC1. The van der Waals surface area contributed by atoms with Gasteiger partial charge >= 0.3 is 0 Å². The second-order valence-corrected chi connectivity index (χ2v) is 4.97. The van der Waals surface area contributed by atoms with Crippen LogP contribution < -0.4 is 5.32 Å². The fourth-order valence-electron chi connectivity index (χ4n) is 2.52. The monoisotopic (exact) mass is 212 g/mol. The molecule has 2 nitrogen and oxygen atoms in total. The maximum absolute atomic E-state index is 3.44. The highest BCUT2D eigenvalue weighted by Gasteiger charge is 2.20. The smallest absolute Gasteiger partial charge is 0.0192 e. The third kappa shape index (κ3) is 4.52. The Kier molecular flexibility index (Phi) is 6.26. The first kappa shape index (κ1) is 13.0. The van der Waals surface area contributed by atoms with Gasteiger partial charge < -0.3 is 5.32 Å². The Morgan fingerprint density at radius 2 is 1.80 bits per heavy atom. The first-order chi connectivity index (χ1) is 7.25. The van der Waals surface area contributed by atoms with Crippen LogP contribution in [0.1, 0.15) is 52.4 Å². The van der Waals surface area contributed by atoms with Crippen LogP contribution in [-0.2, 0) is 0 Å². The molecule has 1 aliphatic carbocycles. The van der Waals surface area contributed by atoms with E-state index in [1.165, 1.54) is 38.5 Å². The van der Waals surface area contributed by atoms with Crippen molar-refractivity contribution in [3.8, 4) is 0 Å². The molecule has 0 aliphatic heterocycles. The standard InChI is InChI=1S/C13H28N2/c1-4-14-11-12(2)15(3)13-9-7-5-6-8-10-13/h12-14H,4-11H2,1-3H3. The first-order valence-electron chi connectivity index (χ1n) is 6.68. The fraction of sp³-hybridized carbons (Fsp3) is 1.00. The number of rotatable bonds is 5. The zero-order valence-corrected chi connectivity index (χ0v) is 10.8. The Hall–Kier alpha value is -0.0800. The molecule has 1 unspecified atom stereocenters. The van der Waals surface area contributed by atoms with Gasteiger partial charge in [-0.1, -0.05) is 32.6 Å². The van der Waals surface area contributed by atoms with Gasteiger partial charge in [-0.25, -0.2) is 0 Å². The van der Waals surface area contributed by atoms with Crippen LogP contribution in [0.3, 0.4) is 0 Å². The summed E-state index contributed by atoms with van der Waals surface area (Å²) in [4.78, 5) is 2.59. The molecule has 1 atom stereocenters. The van der Waals surface area contributed by atoms with E-state index in [-0.39, 0.29) is 0 Å². The fourth-order valence-corrected chi connectivity index (χ4v) is 2.52. The second kappa shape index (κ2) is 7.24. The van der Waals surface area contributed by atoms with Crippen molar-refractivity contribution >= 4 is 0 Å². The molecule has 0 heterocycles. The zero-order chi connectivity index (χ0) is 11.1. The molecule has 1 fully saturated rings. The molecule has 0 radical (unpaired) electrons. The van der Waals surface area contributed by atoms with Crippen molar-refractivity contribution < 1.29 is 0 Å². The van der Waals surface area contributed by atoms with Gasteiger partial charge in [-0.05, 0) is 33.4 Å². The van der Waals surface area contributed by atoms with Gasteiger partial charge in [0.25, 0.3) is 0 Å². The summed E-state index contributed by atoms with van der Waals surface area (Å²) in [6.45, 7) is 6.73. The topological polar surface area (TPSA) is 15.3 Å². The summed E-state index contributed by atoms with van der Waals surface area (Å²) in [5, 5.41) is 3.44. The van der Waals surface area contributed by atoms with E-state index < -0.39 is 0 Å². The van der Waals surface area contributed by atoms with Crippen LogP contribution in [0.25, 0.3) is 0 Å². The summed E-state index contributed by atoms with van der Waals surface area (Å²) < 4.78 is 0. The quantitative estimate of drug-likeness (QED) is 0.705. The maximum Gasteiger partial charge on any atom is 0.0192 e. The Bertz CT molecular complexity index is 151. The highest BCUT2D eigenvalue weighted by molar-refractivity contribution is 4.77. The number of nitrogens with one attached hydrogen (secondary N) is 1. The van der Waals surface area contributed by atoms with Crippen LogP contribution >= 0.6 is 0 Å². The summed E-state index contributed by atoms with van der Waals surface area (Å²) in [6, 6.07) is 1.51. The Morgan fingerprint density at radius 1 is 1.20 bits per heavy atom. The highest BCUT2D eigenvalue weighted by Crippen LogP contribution is 2.22. The minimum Gasteiger partial charge on any atom is -0.315 e. The number of hydrogen-bond acceptors (Lipinski definition) is 2. The molecule has 2 heteroatoms. The van der Waals surface area contributed by atoms with Gasteiger partial charge in [0.2, 0.25) is 0 Å². The van der Waals surface area contributed by atoms with Gasteiger partial charge in [0, 0.05) is 18.6 Å². The molecule has 90 valence electrons. The van der Waals surface area contributed by atoms with Gasteiger partial charge in [0.1, 0.15) is 0 Å². The number of hydrogen-bond donors (Lipinski definition) is 1. The molecular formula is C13H28N2. The minimum atomic E-state index is 0.674. The van der Waals surface area contributed by atoms with Crippen molar-refractivity contribution in [2.45, 2.75) is 64.5 Å². The molecule has 0 aromatic heterocycles. The van der Waals surface area contributed by atoms with Gasteiger partial charge in [-0.3, -0.25) is 4.90 Å². The summed E-state index contributed by atoms with van der Waals surface area (Å²) in [5.74, 6) is 0. The lowest BCUT2D eigenvalue weighted by molar-refractivity contribution is 0.165. The van der Waals surface area contributed by atoms with Crippen LogP contribution in [0.15, 0.2) is 0 Å². The van der Waals surface area contributed by atoms with Crippen molar-refractivity contribution in [3.63, 3.8) is 0 Å². The van der Waals surface area contributed by atoms with Crippen molar-refractivity contribution in [2.24, 2.45) is 0 Å². The van der Waals surface area contributed by atoms with Crippen LogP contribution in [-0.4, -0.2) is 37.1 Å². The summed E-state index contributed by atoms with van der Waals surface area (Å²) in [6.07, 6.45) is 8.59. The van der Waals surface area contributed by atoms with Gasteiger partial charge in [-0.2, -0.15) is 0 Å². The molecule has 1 saturated carbocycles. The van der Waals surface area contributed by atoms with E-state index in [1.807, 2.05) is 0 Å². The van der Waals surface area contributed by atoms with Crippen molar-refractivity contribution in [2.75, 3.05) is 20.1 Å². The van der Waals surface area contributed by atoms with E-state index in [2.05, 4.69) is 31.1 Å². The first-order valence-corrected chi connectivity index (χ1v) is 6.68. The second-order valence-electron chi connectivity index (χ2n) is 4.97. The van der Waals surface area contributed by atoms with Crippen molar-refractivity contribution in [3.05, 3.63) is 0 Å². The third-order valence-electron chi connectivity index (χ3n) is 3.79. The molecule has 0 aromatic carbocycles. The van der Waals surface area contributed by atoms with Crippen molar-refractivity contribution in [1.82, 2.24) is 10.2 Å². The molecule has 0 aromatic rings. The molecule has 0 spiro atoms. The molecule has 0 amide bonds. The van der Waals surface area contributed by atoms with E-state index in [9.17, 15) is 0 Å². The lowest BCUT2D eigenvalue weighted by Gasteiger charge is -2.32. The largest absolute Gasteiger partial charge is 0.315 e. The highest BCUT2D eigenvalue weighted by atomic mass is 15.2. The van der Waals surface area contributed by atoms with Crippen LogP contribution in [0, 0.1) is 0 Å². The normalized spacial score (nSPS) is 21.6. The maximum atomic E-state index is 3.44. The van der Waals surface area contributed by atoms with E-state index >= 15 is 0 Å². The molecular weight excluding hydrogens is 184 g/mol. The average molecular weight is 212 g/mol. The lowest BCUT2D eigenvalue weighted by Crippen LogP contribution is -2.43. The predicted molar refractivity (Wildman–Crippen MR) is 67.3 cm³/mol. The summed E-state index contributed by atoms with van der Waals surface area (Å²) in [7, 11) is 2.30. The summed E-state index contributed by atoms with van der Waals surface area (Å²) >= 11 is 0. The Balaban J connectivity index is 2.32. The minimum absolute atomic E-state index is 0.674. The van der Waals surface area contributed by atoms with Gasteiger partial charge in [0.05, 0.1) is 0 Å². The molecule has 15 heavy (non-hydrogen) atoms. The van der Waals surface area contributed by atoms with Crippen molar-refractivity contribution in [1.29, 1.82) is 0 Å². The average Bonchev–Trinajstić information content (AvgIpc) is 2.53. The Morgan fingerprint density at radius 3 is 2.33 bits per heavy atom. The van der Waals surface area contributed by atoms with E-state index in [0.29, 0.717) is 6.04 Å². The molecule has 1 rings (SSSR count). The van der Waals surface area contributed by atoms with Crippen LogP contribution in [0.2, 0.25) is 0 Å². The van der Waals surface area contributed by atoms with E-state index in [0.717, 1.165) is 19.1 Å². The number of nitrogens with zero attached hydrogens (tertiary/aromatic N) is 1. The summed E-state index contributed by atoms with van der Waals surface area (Å²) in [5.41, 5.74) is 0. The van der Waals surface area contributed by atoms with E-state index in [4.69, 9.17) is 0 Å². The molecule has 0 bridgehead atoms. The van der Waals surface area contributed by atoms with Crippen LogP contribution in [0.4, 0.5) is 0 Å². The zero-order valence-electron chi connectivity index (χ0n) is 10.8. The van der Waals surface area contributed by atoms with E-state index in [1.54, 1.807) is 0 Å². The van der Waals surface area contributed by atoms with Gasteiger partial charge in [-0.15, -0.1) is 0 Å². The third-order valence-corrected chi connectivity index (χ3v) is 3.79. The number of likely N-dealkylation sites (N-methyl/N-ethyl adjacent to an activating group) is 2. The molecule has 1 aliphatic rings. The lowest BCUT2D eigenvalue weighted by atomic mass is 10.1. The van der Waals surface area contributed by atoms with Crippen LogP contribution in [0.5, 0.6) is 0 Å². The molecule has 1 N–H and O–H groups in total. The van der Waals surface area contributed by atoms with Gasteiger partial charge in [0.15, 0.2) is 0 Å². The molecule has 0 saturated heterocycles. The Labute approximate surface area is 95.4 Å². The predicted octanol–water partition coefficient (Wildman–Crippen LogP) is 2.64.